The molecule has 8 nitrogen and oxygen atoms in total. The van der Waals surface area contributed by atoms with E-state index in [9.17, 15) is 0 Å². The lowest BCUT2D eigenvalue weighted by molar-refractivity contribution is 0.171. The Bertz CT molecular complexity index is 2840. The molecule has 0 amide bonds. The fourth-order valence-corrected chi connectivity index (χ4v) is 13.3. The van der Waals surface area contributed by atoms with Crippen LogP contribution < -0.4 is 60.2 Å². The van der Waals surface area contributed by atoms with Gasteiger partial charge in [-0.3, -0.25) is 0 Å². The van der Waals surface area contributed by atoms with E-state index in [2.05, 4.69) is 0 Å². The van der Waals surface area contributed by atoms with E-state index >= 15 is 9.13 Å². The zero-order valence-corrected chi connectivity index (χ0v) is 33.8. The smallest absolute Gasteiger partial charge is 0.231 e. The summed E-state index contributed by atoms with van der Waals surface area (Å²) in [6.45, 7) is -0.163. The van der Waals surface area contributed by atoms with Crippen molar-refractivity contribution in [3.05, 3.63) is 194 Å². The van der Waals surface area contributed by atoms with E-state index in [-0.39, 0.29) is 19.3 Å². The minimum atomic E-state index is -3.74. The molecule has 0 fully saturated rings. The lowest BCUT2D eigenvalue weighted by atomic mass is 10.0. The molecule has 2 aliphatic heterocycles. The summed E-state index contributed by atoms with van der Waals surface area (Å²) >= 11 is 0. The van der Waals surface area contributed by atoms with Crippen molar-refractivity contribution in [3.63, 3.8) is 0 Å². The fraction of sp³-hybridized carbons (Fsp3) is 0.0400. The highest BCUT2D eigenvalue weighted by atomic mass is 31.2. The molecule has 0 aromatic heterocycles. The molecule has 2 heterocycles. The lowest BCUT2D eigenvalue weighted by Crippen LogP contribution is -2.27. The van der Waals surface area contributed by atoms with Crippen LogP contribution in [-0.4, -0.2) is 13.6 Å². The van der Waals surface area contributed by atoms with Crippen molar-refractivity contribution >= 4 is 46.1 Å². The second-order valence-electron chi connectivity index (χ2n) is 14.1. The van der Waals surface area contributed by atoms with Gasteiger partial charge in [0.2, 0.25) is 25.1 Å². The molecule has 0 spiro atoms. The highest BCUT2D eigenvalue weighted by molar-refractivity contribution is 7.86. The first kappa shape index (κ1) is 37.3. The van der Waals surface area contributed by atoms with Crippen molar-refractivity contribution in [2.75, 3.05) is 13.6 Å². The summed E-state index contributed by atoms with van der Waals surface area (Å²) in [6, 6.07) is 59.9. The van der Waals surface area contributed by atoms with E-state index in [0.29, 0.717) is 83.2 Å². The Balaban J connectivity index is 1.18. The fourth-order valence-electron chi connectivity index (χ4n) is 7.77. The number of fused-ring (bicyclic) bond motifs is 2. The Morgan fingerprint density at radius 2 is 0.800 bits per heavy atom. The minimum Gasteiger partial charge on any atom is -0.453 e. The Hall–Kier alpha value is -6.98. The summed E-state index contributed by atoms with van der Waals surface area (Å²) in [5.41, 5.74) is 1.08. The molecule has 10 rings (SSSR count). The predicted octanol–water partition coefficient (Wildman–Crippen LogP) is 9.67. The molecule has 0 radical (unpaired) electrons. The van der Waals surface area contributed by atoms with Gasteiger partial charge in [0.05, 0.1) is 0 Å². The minimum absolute atomic E-state index is 0.0469. The van der Waals surface area contributed by atoms with Gasteiger partial charge in [0.15, 0.2) is 37.3 Å². The largest absolute Gasteiger partial charge is 0.453 e. The van der Waals surface area contributed by atoms with Gasteiger partial charge in [-0.2, -0.15) is 0 Å². The van der Waals surface area contributed by atoms with Gasteiger partial charge < -0.3 is 37.6 Å². The second-order valence-corrected chi connectivity index (χ2v) is 19.6. The van der Waals surface area contributed by atoms with Gasteiger partial charge in [0.25, 0.3) is 0 Å². The first-order valence-corrected chi connectivity index (χ1v) is 22.8. The average Bonchev–Trinajstić information content (AvgIpc) is 4.03. The van der Waals surface area contributed by atoms with Crippen LogP contribution in [0, 0.1) is 0 Å². The first-order valence-electron chi connectivity index (χ1n) is 19.4. The molecular formula is C50H36O8P2. The third-order valence-electron chi connectivity index (χ3n) is 10.5. The van der Waals surface area contributed by atoms with Crippen molar-refractivity contribution in [2.45, 2.75) is 0 Å². The number of hydrogen-bond acceptors (Lipinski definition) is 8. The molecule has 0 aliphatic carbocycles. The molecule has 0 N–H and O–H groups in total. The maximum absolute atomic E-state index is 16.4. The summed E-state index contributed by atoms with van der Waals surface area (Å²) < 4.78 is 69.7. The molecule has 0 saturated carbocycles. The Morgan fingerprint density at radius 3 is 1.37 bits per heavy atom. The summed E-state index contributed by atoms with van der Waals surface area (Å²) in [6.07, 6.45) is 0. The number of benzene rings is 8. The van der Waals surface area contributed by atoms with Gasteiger partial charge in [-0.25, -0.2) is 0 Å². The van der Waals surface area contributed by atoms with Crippen LogP contribution in [-0.2, 0) is 9.13 Å². The molecule has 8 aromatic rings. The van der Waals surface area contributed by atoms with E-state index in [1.165, 1.54) is 0 Å². The van der Waals surface area contributed by atoms with Crippen LogP contribution in [0.2, 0.25) is 0 Å². The van der Waals surface area contributed by atoms with Crippen LogP contribution >= 0.6 is 14.3 Å². The van der Waals surface area contributed by atoms with Crippen molar-refractivity contribution in [1.29, 1.82) is 0 Å². The van der Waals surface area contributed by atoms with Crippen LogP contribution in [0.1, 0.15) is 0 Å². The lowest BCUT2D eigenvalue weighted by Gasteiger charge is -2.25. The van der Waals surface area contributed by atoms with E-state index in [4.69, 9.17) is 28.4 Å². The zero-order chi connectivity index (χ0) is 40.5. The van der Waals surface area contributed by atoms with Crippen LogP contribution in [0.4, 0.5) is 0 Å². The molecule has 8 aromatic carbocycles. The number of rotatable bonds is 11. The molecule has 60 heavy (non-hydrogen) atoms. The second kappa shape index (κ2) is 15.6. The third kappa shape index (κ3) is 6.51. The average molecular weight is 827 g/mol. The third-order valence-corrected chi connectivity index (χ3v) is 16.7. The van der Waals surface area contributed by atoms with E-state index in [1.807, 2.05) is 176 Å². The van der Waals surface area contributed by atoms with Gasteiger partial charge in [-0.1, -0.05) is 152 Å². The van der Waals surface area contributed by atoms with E-state index in [0.717, 1.165) is 0 Å². The monoisotopic (exact) mass is 826 g/mol. The van der Waals surface area contributed by atoms with E-state index < -0.39 is 14.3 Å². The topological polar surface area (TPSA) is 89.5 Å². The Morgan fingerprint density at radius 1 is 0.367 bits per heavy atom. The van der Waals surface area contributed by atoms with Crippen LogP contribution in [0.25, 0.3) is 11.1 Å². The van der Waals surface area contributed by atoms with Crippen molar-refractivity contribution in [3.8, 4) is 57.1 Å². The SMILES string of the molecule is O=P(c1ccccc1)(c1ccccc1)c1cccc(Oc2cc(P(=O)(c3ccccc3)c3ccccc3)c(-c3ccc(Oc4ccccc4)c4c3OCO4)c3c2OCO3)c1. The normalized spacial score (nSPS) is 12.9. The standard InChI is InChI=1S/C50H36O8P2/c51-59(37-20-8-2-9-21-37,38-22-10-3-11-23-38)41-28-16-19-36(31-41)58-44-32-45(60(52,39-24-12-4-13-25-39)40-26-14-5-15-27-40)46(50-49(44)55-34-56-50)42-29-30-43(48-47(42)53-33-54-48)57-35-17-6-1-7-18-35/h1-32H,33-34H2. The molecule has 0 atom stereocenters. The summed E-state index contributed by atoms with van der Waals surface area (Å²) in [7, 11) is -7.08. The Kier molecular flexibility index (Phi) is 9.73. The molecule has 0 saturated heterocycles. The van der Waals surface area contributed by atoms with Crippen molar-refractivity contribution in [1.82, 2.24) is 0 Å². The predicted molar refractivity (Wildman–Crippen MR) is 236 cm³/mol. The summed E-state index contributed by atoms with van der Waals surface area (Å²) in [4.78, 5) is 0. The highest BCUT2D eigenvalue weighted by Gasteiger charge is 2.40. The molecule has 0 bridgehead atoms. The van der Waals surface area contributed by atoms with E-state index in [1.54, 1.807) is 18.2 Å². The number of ether oxygens (including phenoxy) is 6. The maximum atomic E-state index is 16.4. The molecule has 294 valence electrons. The zero-order valence-electron chi connectivity index (χ0n) is 32.0. The Labute approximate surface area is 347 Å². The van der Waals surface area contributed by atoms with Gasteiger partial charge >= 0.3 is 0 Å². The summed E-state index contributed by atoms with van der Waals surface area (Å²) in [5.74, 6) is 3.25. The number of para-hydroxylation sites is 1. The molecule has 10 heteroatoms. The first-order chi connectivity index (χ1) is 29.5. The quantitative estimate of drug-likeness (QED) is 0.119. The summed E-state index contributed by atoms with van der Waals surface area (Å²) in [5, 5.41) is 3.63. The number of hydrogen-bond donors (Lipinski definition) is 0. The van der Waals surface area contributed by atoms with Gasteiger partial charge in [-0.05, 0) is 42.5 Å². The van der Waals surface area contributed by atoms with Crippen LogP contribution in [0.3, 0.4) is 0 Å². The van der Waals surface area contributed by atoms with Crippen LogP contribution in [0.5, 0.6) is 46.0 Å². The van der Waals surface area contributed by atoms with Crippen molar-refractivity contribution in [2.24, 2.45) is 0 Å². The van der Waals surface area contributed by atoms with Gasteiger partial charge in [-0.15, -0.1) is 0 Å². The van der Waals surface area contributed by atoms with Crippen LogP contribution in [0.15, 0.2) is 194 Å². The van der Waals surface area contributed by atoms with Gasteiger partial charge in [0, 0.05) is 43.0 Å². The van der Waals surface area contributed by atoms with Gasteiger partial charge in [0.1, 0.15) is 11.5 Å². The molecular weight excluding hydrogens is 790 g/mol. The van der Waals surface area contributed by atoms with Crippen molar-refractivity contribution < 1.29 is 37.6 Å². The highest BCUT2D eigenvalue weighted by Crippen LogP contribution is 2.58. The molecule has 2 aliphatic rings. The molecule has 0 unspecified atom stereocenters. The maximum Gasteiger partial charge on any atom is 0.231 e.